The Morgan fingerprint density at radius 3 is 2.83 bits per heavy atom. The lowest BCUT2D eigenvalue weighted by molar-refractivity contribution is -0.125. The second kappa shape index (κ2) is 7.63. The van der Waals surface area contributed by atoms with Crippen LogP contribution in [0.4, 0.5) is 10.8 Å². The maximum Gasteiger partial charge on any atom is 0.243 e. The summed E-state index contributed by atoms with van der Waals surface area (Å²) >= 11 is 7.31. The minimum atomic E-state index is -0.274. The van der Waals surface area contributed by atoms with Crippen LogP contribution in [-0.2, 0) is 9.59 Å². The van der Waals surface area contributed by atoms with Crippen LogP contribution in [0.3, 0.4) is 0 Å². The maximum atomic E-state index is 12.4. The van der Waals surface area contributed by atoms with E-state index >= 15 is 0 Å². The van der Waals surface area contributed by atoms with Gasteiger partial charge in [0.15, 0.2) is 5.13 Å². The largest absolute Gasteiger partial charge is 0.345 e. The first-order chi connectivity index (χ1) is 11.6. The van der Waals surface area contributed by atoms with Gasteiger partial charge < -0.3 is 15.5 Å². The Morgan fingerprint density at radius 2 is 2.12 bits per heavy atom. The molecule has 8 heteroatoms. The summed E-state index contributed by atoms with van der Waals surface area (Å²) in [6.45, 7) is 0.742. The average Bonchev–Trinajstić information content (AvgIpc) is 3.25. The van der Waals surface area contributed by atoms with Gasteiger partial charge in [-0.25, -0.2) is 4.98 Å². The van der Waals surface area contributed by atoms with Crippen LogP contribution in [0.2, 0.25) is 5.02 Å². The van der Waals surface area contributed by atoms with E-state index in [1.54, 1.807) is 30.5 Å². The van der Waals surface area contributed by atoms with Gasteiger partial charge in [-0.15, -0.1) is 11.3 Å². The molecule has 24 heavy (non-hydrogen) atoms. The minimum absolute atomic E-state index is 0.0658. The van der Waals surface area contributed by atoms with Crippen LogP contribution in [0.5, 0.6) is 0 Å². The van der Waals surface area contributed by atoms with Crippen molar-refractivity contribution in [2.45, 2.75) is 18.9 Å². The Labute approximate surface area is 148 Å². The second-order valence-electron chi connectivity index (χ2n) is 5.44. The summed E-state index contributed by atoms with van der Waals surface area (Å²) in [5.41, 5.74) is 0.643. The SMILES string of the molecule is O=C(CNC(=O)C1CCCN1c1nccs1)Nc1ccc(Cl)cc1. The zero-order valence-electron chi connectivity index (χ0n) is 12.9. The highest BCUT2D eigenvalue weighted by atomic mass is 35.5. The highest BCUT2D eigenvalue weighted by Gasteiger charge is 2.32. The number of amides is 2. The molecule has 2 heterocycles. The quantitative estimate of drug-likeness (QED) is 0.855. The summed E-state index contributed by atoms with van der Waals surface area (Å²) in [5, 5.41) is 8.76. The zero-order valence-corrected chi connectivity index (χ0v) is 14.4. The number of carbonyl (C=O) groups excluding carboxylic acids is 2. The smallest absolute Gasteiger partial charge is 0.243 e. The van der Waals surface area contributed by atoms with Crippen LogP contribution < -0.4 is 15.5 Å². The molecule has 1 aliphatic heterocycles. The number of hydrogen-bond donors (Lipinski definition) is 2. The number of nitrogens with zero attached hydrogens (tertiary/aromatic N) is 2. The Kier molecular flexibility index (Phi) is 5.32. The highest BCUT2D eigenvalue weighted by Crippen LogP contribution is 2.27. The van der Waals surface area contributed by atoms with Crippen molar-refractivity contribution < 1.29 is 9.59 Å². The number of rotatable bonds is 5. The molecule has 1 saturated heterocycles. The van der Waals surface area contributed by atoms with Crippen LogP contribution in [0, 0.1) is 0 Å². The average molecular weight is 365 g/mol. The first-order valence-electron chi connectivity index (χ1n) is 7.63. The molecule has 2 N–H and O–H groups in total. The third-order valence-corrected chi connectivity index (χ3v) is 4.83. The van der Waals surface area contributed by atoms with Gasteiger partial charge in [0.1, 0.15) is 6.04 Å². The molecule has 2 aromatic rings. The van der Waals surface area contributed by atoms with Gasteiger partial charge in [-0.2, -0.15) is 0 Å². The van der Waals surface area contributed by atoms with E-state index in [1.165, 1.54) is 11.3 Å². The fourth-order valence-electron chi connectivity index (χ4n) is 2.65. The molecule has 0 aliphatic carbocycles. The fraction of sp³-hybridized carbons (Fsp3) is 0.312. The number of hydrogen-bond acceptors (Lipinski definition) is 5. The van der Waals surface area contributed by atoms with Gasteiger partial charge in [-0.05, 0) is 37.1 Å². The van der Waals surface area contributed by atoms with Gasteiger partial charge >= 0.3 is 0 Å². The summed E-state index contributed by atoms with van der Waals surface area (Å²) in [7, 11) is 0. The molecule has 1 aromatic heterocycles. The van der Waals surface area contributed by atoms with Gasteiger partial charge in [0.2, 0.25) is 11.8 Å². The van der Waals surface area contributed by atoms with Crippen molar-refractivity contribution in [1.82, 2.24) is 10.3 Å². The molecule has 0 spiro atoms. The molecule has 1 atom stereocenters. The maximum absolute atomic E-state index is 12.4. The van der Waals surface area contributed by atoms with E-state index in [-0.39, 0.29) is 24.4 Å². The molecule has 126 valence electrons. The van der Waals surface area contributed by atoms with Gasteiger partial charge in [-0.1, -0.05) is 11.6 Å². The Bertz CT molecular complexity index is 705. The van der Waals surface area contributed by atoms with Crippen molar-refractivity contribution in [2.75, 3.05) is 23.3 Å². The molecule has 1 aromatic carbocycles. The van der Waals surface area contributed by atoms with Crippen LogP contribution in [0.15, 0.2) is 35.8 Å². The fourth-order valence-corrected chi connectivity index (χ4v) is 3.49. The number of nitrogens with one attached hydrogen (secondary N) is 2. The topological polar surface area (TPSA) is 74.3 Å². The van der Waals surface area contributed by atoms with Crippen molar-refractivity contribution in [2.24, 2.45) is 0 Å². The first kappa shape index (κ1) is 16.7. The van der Waals surface area contributed by atoms with Crippen LogP contribution in [0.25, 0.3) is 0 Å². The molecule has 6 nitrogen and oxygen atoms in total. The standard InChI is InChI=1S/C16H17ClN4O2S/c17-11-3-5-12(6-4-11)20-14(22)10-19-15(23)13-2-1-8-21(13)16-18-7-9-24-16/h3-7,9,13H,1-2,8,10H2,(H,19,23)(H,20,22). The molecule has 0 saturated carbocycles. The summed E-state index contributed by atoms with van der Waals surface area (Å²) in [4.78, 5) is 30.6. The van der Waals surface area contributed by atoms with E-state index in [2.05, 4.69) is 15.6 Å². The summed E-state index contributed by atoms with van der Waals surface area (Å²) in [6, 6.07) is 6.55. The van der Waals surface area contributed by atoms with Crippen molar-refractivity contribution in [3.63, 3.8) is 0 Å². The summed E-state index contributed by atoms with van der Waals surface area (Å²) in [5.74, 6) is -0.418. The van der Waals surface area contributed by atoms with E-state index in [9.17, 15) is 9.59 Å². The number of aromatic nitrogens is 1. The lowest BCUT2D eigenvalue weighted by Crippen LogP contribution is -2.45. The van der Waals surface area contributed by atoms with E-state index < -0.39 is 0 Å². The van der Waals surface area contributed by atoms with Gasteiger partial charge in [-0.3, -0.25) is 9.59 Å². The third kappa shape index (κ3) is 4.04. The molecule has 2 amide bonds. The van der Waals surface area contributed by atoms with Gasteiger partial charge in [0.05, 0.1) is 6.54 Å². The Hall–Kier alpha value is -2.12. The van der Waals surface area contributed by atoms with Crippen LogP contribution >= 0.6 is 22.9 Å². The van der Waals surface area contributed by atoms with Gasteiger partial charge in [0, 0.05) is 28.8 Å². The van der Waals surface area contributed by atoms with Crippen molar-refractivity contribution in [3.05, 3.63) is 40.9 Å². The molecule has 1 unspecified atom stereocenters. The summed E-state index contributed by atoms with van der Waals surface area (Å²) < 4.78 is 0. The van der Waals surface area contributed by atoms with E-state index in [1.807, 2.05) is 10.3 Å². The van der Waals surface area contributed by atoms with E-state index in [4.69, 9.17) is 11.6 Å². The molecule has 0 bridgehead atoms. The van der Waals surface area contributed by atoms with E-state index in [0.717, 1.165) is 24.5 Å². The highest BCUT2D eigenvalue weighted by molar-refractivity contribution is 7.13. The molecule has 0 radical (unpaired) electrons. The number of halogens is 1. The van der Waals surface area contributed by atoms with Crippen LogP contribution in [-0.4, -0.2) is 35.9 Å². The monoisotopic (exact) mass is 364 g/mol. The van der Waals surface area contributed by atoms with Crippen molar-refractivity contribution >= 4 is 45.6 Å². The van der Waals surface area contributed by atoms with Crippen molar-refractivity contribution in [1.29, 1.82) is 0 Å². The molecule has 1 aliphatic rings. The zero-order chi connectivity index (χ0) is 16.9. The summed E-state index contributed by atoms with van der Waals surface area (Å²) in [6.07, 6.45) is 3.44. The molecule has 1 fully saturated rings. The first-order valence-corrected chi connectivity index (χ1v) is 8.88. The second-order valence-corrected chi connectivity index (χ2v) is 6.75. The predicted octanol–water partition coefficient (Wildman–Crippen LogP) is 2.52. The predicted molar refractivity (Wildman–Crippen MR) is 95.6 cm³/mol. The lowest BCUT2D eigenvalue weighted by atomic mass is 10.2. The molecular weight excluding hydrogens is 348 g/mol. The van der Waals surface area contributed by atoms with Crippen LogP contribution in [0.1, 0.15) is 12.8 Å². The third-order valence-electron chi connectivity index (χ3n) is 3.77. The normalized spacial score (nSPS) is 16.9. The Balaban J connectivity index is 1.51. The minimum Gasteiger partial charge on any atom is -0.345 e. The van der Waals surface area contributed by atoms with Crippen molar-refractivity contribution in [3.8, 4) is 0 Å². The Morgan fingerprint density at radius 1 is 1.33 bits per heavy atom. The lowest BCUT2D eigenvalue weighted by Gasteiger charge is -2.22. The number of thiazole rings is 1. The van der Waals surface area contributed by atoms with Gasteiger partial charge in [0.25, 0.3) is 0 Å². The number of carbonyl (C=O) groups is 2. The number of benzene rings is 1. The molecule has 3 rings (SSSR count). The molecular formula is C16H17ClN4O2S. The van der Waals surface area contributed by atoms with E-state index in [0.29, 0.717) is 10.7 Å². The number of anilines is 2.